The van der Waals surface area contributed by atoms with E-state index in [1.165, 1.54) is 5.56 Å². The zero-order valence-electron chi connectivity index (χ0n) is 14.0. The van der Waals surface area contributed by atoms with E-state index < -0.39 is 0 Å². The van der Waals surface area contributed by atoms with E-state index in [9.17, 15) is 9.59 Å². The summed E-state index contributed by atoms with van der Waals surface area (Å²) in [7, 11) is 0. The third-order valence-corrected chi connectivity index (χ3v) is 5.72. The van der Waals surface area contributed by atoms with Gasteiger partial charge in [0.25, 0.3) is 0 Å². The SMILES string of the molecule is CCN1C[C@@]2(CC1=O)CN(Cc1ccsc1)CCN(C(C)=O)C2. The van der Waals surface area contributed by atoms with Crippen LogP contribution in [-0.2, 0) is 16.1 Å². The molecule has 1 aromatic heterocycles. The second-order valence-corrected chi connectivity index (χ2v) is 7.65. The Bertz CT molecular complexity index is 574. The minimum Gasteiger partial charge on any atom is -0.342 e. The van der Waals surface area contributed by atoms with E-state index >= 15 is 0 Å². The summed E-state index contributed by atoms with van der Waals surface area (Å²) >= 11 is 1.71. The summed E-state index contributed by atoms with van der Waals surface area (Å²) in [4.78, 5) is 30.5. The summed E-state index contributed by atoms with van der Waals surface area (Å²) in [5.41, 5.74) is 1.20. The molecule has 0 radical (unpaired) electrons. The molecule has 1 spiro atoms. The van der Waals surface area contributed by atoms with Gasteiger partial charge in [0.15, 0.2) is 0 Å². The number of hydrogen-bond donors (Lipinski definition) is 0. The van der Waals surface area contributed by atoms with Gasteiger partial charge >= 0.3 is 0 Å². The summed E-state index contributed by atoms with van der Waals surface area (Å²) in [5, 5.41) is 4.28. The van der Waals surface area contributed by atoms with E-state index in [0.717, 1.165) is 39.3 Å². The van der Waals surface area contributed by atoms with Crippen LogP contribution in [0.3, 0.4) is 0 Å². The lowest BCUT2D eigenvalue weighted by atomic mass is 9.86. The number of thiophene rings is 1. The molecule has 6 heteroatoms. The monoisotopic (exact) mass is 335 g/mol. The molecule has 0 saturated carbocycles. The fourth-order valence-corrected chi connectivity index (χ4v) is 4.54. The molecule has 1 aromatic rings. The highest BCUT2D eigenvalue weighted by atomic mass is 32.1. The molecule has 0 aromatic carbocycles. The molecule has 3 rings (SSSR count). The van der Waals surface area contributed by atoms with Crippen molar-refractivity contribution in [2.45, 2.75) is 26.8 Å². The predicted octanol–water partition coefficient (Wildman–Crippen LogP) is 1.65. The van der Waals surface area contributed by atoms with Crippen LogP contribution in [-0.4, -0.2) is 65.8 Å². The van der Waals surface area contributed by atoms with Gasteiger partial charge in [-0.15, -0.1) is 0 Å². The highest BCUT2D eigenvalue weighted by Crippen LogP contribution is 2.35. The van der Waals surface area contributed by atoms with Crippen LogP contribution in [0.25, 0.3) is 0 Å². The maximum absolute atomic E-state index is 12.3. The van der Waals surface area contributed by atoms with Crippen LogP contribution in [0, 0.1) is 5.41 Å². The molecular weight excluding hydrogens is 310 g/mol. The third kappa shape index (κ3) is 3.58. The number of likely N-dealkylation sites (tertiary alicyclic amines) is 1. The first-order valence-corrected chi connectivity index (χ1v) is 9.22. The van der Waals surface area contributed by atoms with Crippen molar-refractivity contribution in [2.75, 3.05) is 39.3 Å². The van der Waals surface area contributed by atoms with Gasteiger partial charge in [-0.2, -0.15) is 11.3 Å². The molecular formula is C17H25N3O2S. The van der Waals surface area contributed by atoms with Gasteiger partial charge < -0.3 is 9.80 Å². The average molecular weight is 335 g/mol. The van der Waals surface area contributed by atoms with Gasteiger partial charge in [0.05, 0.1) is 0 Å². The summed E-state index contributed by atoms with van der Waals surface area (Å²) in [6.07, 6.45) is 0.560. The zero-order chi connectivity index (χ0) is 16.4. The van der Waals surface area contributed by atoms with E-state index in [1.807, 2.05) is 16.7 Å². The summed E-state index contributed by atoms with van der Waals surface area (Å²) in [5.74, 6) is 0.345. The van der Waals surface area contributed by atoms with Crippen molar-refractivity contribution in [1.29, 1.82) is 0 Å². The van der Waals surface area contributed by atoms with Gasteiger partial charge in [0.1, 0.15) is 0 Å². The number of carbonyl (C=O) groups is 2. The van der Waals surface area contributed by atoms with Crippen LogP contribution >= 0.6 is 11.3 Å². The molecule has 0 unspecified atom stereocenters. The number of carbonyl (C=O) groups excluding carboxylic acids is 2. The second-order valence-electron chi connectivity index (χ2n) is 6.87. The Balaban J connectivity index is 1.80. The van der Waals surface area contributed by atoms with Crippen molar-refractivity contribution >= 4 is 23.2 Å². The topological polar surface area (TPSA) is 43.9 Å². The highest BCUT2D eigenvalue weighted by Gasteiger charge is 2.46. The molecule has 2 aliphatic rings. The normalized spacial score (nSPS) is 26.1. The van der Waals surface area contributed by atoms with Gasteiger partial charge in [-0.05, 0) is 29.3 Å². The highest BCUT2D eigenvalue weighted by molar-refractivity contribution is 7.07. The van der Waals surface area contributed by atoms with Crippen LogP contribution in [0.15, 0.2) is 16.8 Å². The molecule has 2 aliphatic heterocycles. The summed E-state index contributed by atoms with van der Waals surface area (Å²) < 4.78 is 0. The lowest BCUT2D eigenvalue weighted by Gasteiger charge is -2.33. The van der Waals surface area contributed by atoms with Crippen LogP contribution in [0.1, 0.15) is 25.8 Å². The lowest BCUT2D eigenvalue weighted by molar-refractivity contribution is -0.130. The quantitative estimate of drug-likeness (QED) is 0.844. The second kappa shape index (κ2) is 6.61. The molecule has 5 nitrogen and oxygen atoms in total. The third-order valence-electron chi connectivity index (χ3n) is 4.99. The number of rotatable bonds is 3. The Hall–Kier alpha value is -1.40. The molecule has 2 saturated heterocycles. The Morgan fingerprint density at radius 2 is 2.13 bits per heavy atom. The molecule has 2 amide bonds. The van der Waals surface area contributed by atoms with E-state index in [1.54, 1.807) is 18.3 Å². The van der Waals surface area contributed by atoms with Crippen molar-refractivity contribution in [3.63, 3.8) is 0 Å². The van der Waals surface area contributed by atoms with Crippen LogP contribution in [0.2, 0.25) is 0 Å². The lowest BCUT2D eigenvalue weighted by Crippen LogP contribution is -2.43. The Morgan fingerprint density at radius 3 is 2.74 bits per heavy atom. The van der Waals surface area contributed by atoms with Crippen molar-refractivity contribution in [3.8, 4) is 0 Å². The Morgan fingerprint density at radius 1 is 1.30 bits per heavy atom. The number of hydrogen-bond acceptors (Lipinski definition) is 4. The Kier molecular flexibility index (Phi) is 4.73. The van der Waals surface area contributed by atoms with Gasteiger partial charge in [0.2, 0.25) is 11.8 Å². The molecule has 3 heterocycles. The molecule has 1 atom stereocenters. The average Bonchev–Trinajstić information content (AvgIpc) is 3.06. The largest absolute Gasteiger partial charge is 0.342 e. The van der Waals surface area contributed by atoms with Crippen molar-refractivity contribution < 1.29 is 9.59 Å². The molecule has 0 N–H and O–H groups in total. The van der Waals surface area contributed by atoms with Crippen LogP contribution < -0.4 is 0 Å². The van der Waals surface area contributed by atoms with Crippen molar-refractivity contribution in [2.24, 2.45) is 5.41 Å². The van der Waals surface area contributed by atoms with Crippen molar-refractivity contribution in [1.82, 2.24) is 14.7 Å². The molecule has 0 bridgehead atoms. The minimum atomic E-state index is -0.120. The maximum atomic E-state index is 12.3. The smallest absolute Gasteiger partial charge is 0.223 e. The number of amides is 2. The first-order valence-electron chi connectivity index (χ1n) is 8.28. The van der Waals surface area contributed by atoms with E-state index in [4.69, 9.17) is 0 Å². The van der Waals surface area contributed by atoms with Gasteiger partial charge in [-0.3, -0.25) is 14.5 Å². The van der Waals surface area contributed by atoms with Crippen LogP contribution in [0.4, 0.5) is 0 Å². The van der Waals surface area contributed by atoms with E-state index in [2.05, 4.69) is 21.7 Å². The zero-order valence-corrected chi connectivity index (χ0v) is 14.8. The number of nitrogens with zero attached hydrogens (tertiary/aromatic N) is 3. The molecule has 0 aliphatic carbocycles. The van der Waals surface area contributed by atoms with Gasteiger partial charge in [-0.1, -0.05) is 0 Å². The van der Waals surface area contributed by atoms with Gasteiger partial charge in [-0.25, -0.2) is 0 Å². The molecule has 23 heavy (non-hydrogen) atoms. The fraction of sp³-hybridized carbons (Fsp3) is 0.647. The van der Waals surface area contributed by atoms with Crippen molar-refractivity contribution in [3.05, 3.63) is 22.4 Å². The van der Waals surface area contributed by atoms with E-state index in [0.29, 0.717) is 13.0 Å². The van der Waals surface area contributed by atoms with Crippen LogP contribution in [0.5, 0.6) is 0 Å². The predicted molar refractivity (Wildman–Crippen MR) is 91.2 cm³/mol. The molecule has 126 valence electrons. The molecule has 2 fully saturated rings. The standard InChI is InChI=1S/C17H25N3O2S/c1-3-19-12-17(8-16(19)22)11-18(9-15-4-7-23-10-15)5-6-20(13-17)14(2)21/h4,7,10H,3,5-6,8-9,11-13H2,1-2H3/t17-/m1/s1. The minimum absolute atomic E-state index is 0.115. The maximum Gasteiger partial charge on any atom is 0.223 e. The van der Waals surface area contributed by atoms with E-state index in [-0.39, 0.29) is 17.2 Å². The summed E-state index contributed by atoms with van der Waals surface area (Å²) in [6.45, 7) is 9.30. The summed E-state index contributed by atoms with van der Waals surface area (Å²) in [6, 6.07) is 2.16. The first kappa shape index (κ1) is 16.5. The first-order chi connectivity index (χ1) is 11.0. The Labute approximate surface area is 141 Å². The fourth-order valence-electron chi connectivity index (χ4n) is 3.88. The van der Waals surface area contributed by atoms with Gasteiger partial charge in [0, 0.05) is 64.6 Å².